The molecule has 4 rings (SSSR count). The Hall–Kier alpha value is -3.41. The van der Waals surface area contributed by atoms with Crippen LogP contribution in [-0.2, 0) is 7.05 Å². The van der Waals surface area contributed by atoms with E-state index in [0.29, 0.717) is 11.6 Å². The third-order valence-corrected chi connectivity index (χ3v) is 4.10. The summed E-state index contributed by atoms with van der Waals surface area (Å²) in [5.74, 6) is 0.630. The lowest BCUT2D eigenvalue weighted by Gasteiger charge is -2.05. The van der Waals surface area contributed by atoms with Crippen LogP contribution in [0, 0.1) is 0 Å². The van der Waals surface area contributed by atoms with Crippen LogP contribution in [0.4, 0.5) is 0 Å². The van der Waals surface area contributed by atoms with E-state index in [2.05, 4.69) is 5.10 Å². The maximum atomic E-state index is 11.7. The first-order chi connectivity index (χ1) is 12.2. The van der Waals surface area contributed by atoms with Gasteiger partial charge in [0, 0.05) is 24.7 Å². The van der Waals surface area contributed by atoms with E-state index >= 15 is 0 Å². The fourth-order valence-corrected chi connectivity index (χ4v) is 2.89. The molecular formula is C19H16N4O2. The zero-order valence-corrected chi connectivity index (χ0v) is 13.9. The molecular weight excluding hydrogens is 316 g/mol. The summed E-state index contributed by atoms with van der Waals surface area (Å²) >= 11 is 0. The Kier molecular flexibility index (Phi) is 3.57. The second-order valence-corrected chi connectivity index (χ2v) is 5.64. The number of pyridine rings is 1. The van der Waals surface area contributed by atoms with E-state index in [1.807, 2.05) is 48.5 Å². The molecule has 6 nitrogen and oxygen atoms in total. The average molecular weight is 332 g/mol. The Balaban J connectivity index is 2.10. The number of hydrogen-bond acceptors (Lipinski definition) is 4. The van der Waals surface area contributed by atoms with Crippen molar-refractivity contribution in [3.05, 3.63) is 71.0 Å². The van der Waals surface area contributed by atoms with E-state index in [9.17, 15) is 4.79 Å². The Bertz CT molecular complexity index is 1110. The quantitative estimate of drug-likeness (QED) is 0.579. The van der Waals surface area contributed by atoms with Crippen molar-refractivity contribution in [1.29, 1.82) is 0 Å². The molecule has 3 aromatic heterocycles. The molecule has 3 heterocycles. The second-order valence-electron chi connectivity index (χ2n) is 5.64. The normalized spacial score (nSPS) is 11.0. The second kappa shape index (κ2) is 5.90. The summed E-state index contributed by atoms with van der Waals surface area (Å²) in [5, 5.41) is 9.16. The predicted molar refractivity (Wildman–Crippen MR) is 95.7 cm³/mol. The molecule has 0 saturated heterocycles. The SMILES string of the molecule is COc1cccc2c(-c3ccc(=O)n(C)n3)c(-c3ccccc3)nn12. The van der Waals surface area contributed by atoms with Crippen LogP contribution in [-0.4, -0.2) is 26.5 Å². The highest BCUT2D eigenvalue weighted by molar-refractivity contribution is 5.90. The van der Waals surface area contributed by atoms with E-state index in [4.69, 9.17) is 9.84 Å². The van der Waals surface area contributed by atoms with Gasteiger partial charge in [0.25, 0.3) is 5.56 Å². The molecule has 1 aromatic carbocycles. The molecule has 0 aliphatic rings. The molecule has 0 saturated carbocycles. The van der Waals surface area contributed by atoms with Gasteiger partial charge in [-0.3, -0.25) is 4.79 Å². The third-order valence-electron chi connectivity index (χ3n) is 4.10. The van der Waals surface area contributed by atoms with Crippen molar-refractivity contribution >= 4 is 5.52 Å². The number of benzene rings is 1. The number of methoxy groups -OCH3 is 1. The van der Waals surface area contributed by atoms with Gasteiger partial charge < -0.3 is 4.74 Å². The first-order valence-electron chi connectivity index (χ1n) is 7.85. The first kappa shape index (κ1) is 15.1. The largest absolute Gasteiger partial charge is 0.481 e. The van der Waals surface area contributed by atoms with Gasteiger partial charge in [-0.25, -0.2) is 4.68 Å². The molecule has 0 fully saturated rings. The molecule has 124 valence electrons. The van der Waals surface area contributed by atoms with Gasteiger partial charge in [-0.15, -0.1) is 0 Å². The highest BCUT2D eigenvalue weighted by atomic mass is 16.5. The van der Waals surface area contributed by atoms with Crippen LogP contribution < -0.4 is 10.3 Å². The molecule has 0 aliphatic carbocycles. The van der Waals surface area contributed by atoms with Crippen molar-refractivity contribution in [3.8, 4) is 28.4 Å². The van der Waals surface area contributed by atoms with Crippen LogP contribution in [0.15, 0.2) is 65.5 Å². The summed E-state index contributed by atoms with van der Waals surface area (Å²) < 4.78 is 8.52. The Morgan fingerprint density at radius 1 is 0.920 bits per heavy atom. The summed E-state index contributed by atoms with van der Waals surface area (Å²) in [6, 6.07) is 18.9. The smallest absolute Gasteiger partial charge is 0.266 e. The molecule has 25 heavy (non-hydrogen) atoms. The number of aromatic nitrogens is 4. The van der Waals surface area contributed by atoms with Gasteiger partial charge in [-0.2, -0.15) is 14.7 Å². The Morgan fingerprint density at radius 2 is 1.72 bits per heavy atom. The summed E-state index contributed by atoms with van der Waals surface area (Å²) in [6.45, 7) is 0. The predicted octanol–water partition coefficient (Wildman–Crippen LogP) is 2.77. The van der Waals surface area contributed by atoms with Gasteiger partial charge in [-0.1, -0.05) is 36.4 Å². The van der Waals surface area contributed by atoms with Gasteiger partial charge in [0.1, 0.15) is 5.69 Å². The number of hydrogen-bond donors (Lipinski definition) is 0. The van der Waals surface area contributed by atoms with E-state index in [-0.39, 0.29) is 5.56 Å². The highest BCUT2D eigenvalue weighted by Gasteiger charge is 2.19. The lowest BCUT2D eigenvalue weighted by atomic mass is 10.0. The topological polar surface area (TPSA) is 61.4 Å². The van der Waals surface area contributed by atoms with Crippen LogP contribution >= 0.6 is 0 Å². The summed E-state index contributed by atoms with van der Waals surface area (Å²) in [4.78, 5) is 11.7. The average Bonchev–Trinajstić information content (AvgIpc) is 3.04. The van der Waals surface area contributed by atoms with Crippen molar-refractivity contribution in [3.63, 3.8) is 0 Å². The number of nitrogens with zero attached hydrogens (tertiary/aromatic N) is 4. The molecule has 6 heteroatoms. The zero-order valence-electron chi connectivity index (χ0n) is 13.9. The number of rotatable bonds is 3. The van der Waals surface area contributed by atoms with Gasteiger partial charge >= 0.3 is 0 Å². The minimum atomic E-state index is -0.154. The fraction of sp³-hybridized carbons (Fsp3) is 0.105. The third kappa shape index (κ3) is 2.48. The van der Waals surface area contributed by atoms with Crippen LogP contribution in [0.25, 0.3) is 28.0 Å². The van der Waals surface area contributed by atoms with Crippen molar-refractivity contribution in [1.82, 2.24) is 19.4 Å². The van der Waals surface area contributed by atoms with E-state index < -0.39 is 0 Å². The molecule has 0 N–H and O–H groups in total. The number of aryl methyl sites for hydroxylation is 1. The van der Waals surface area contributed by atoms with Crippen LogP contribution in [0.5, 0.6) is 5.88 Å². The zero-order chi connectivity index (χ0) is 17.4. The van der Waals surface area contributed by atoms with E-state index in [1.54, 1.807) is 24.7 Å². The molecule has 4 aromatic rings. The van der Waals surface area contributed by atoms with Gasteiger partial charge in [-0.05, 0) is 12.1 Å². The lowest BCUT2D eigenvalue weighted by molar-refractivity contribution is 0.386. The first-order valence-corrected chi connectivity index (χ1v) is 7.85. The lowest BCUT2D eigenvalue weighted by Crippen LogP contribution is -2.18. The number of ether oxygens (including phenoxy) is 1. The summed E-state index contributed by atoms with van der Waals surface area (Å²) in [7, 11) is 3.25. The highest BCUT2D eigenvalue weighted by Crippen LogP contribution is 2.35. The van der Waals surface area contributed by atoms with Gasteiger partial charge in [0.2, 0.25) is 5.88 Å². The van der Waals surface area contributed by atoms with E-state index in [1.165, 1.54) is 10.7 Å². The summed E-state index contributed by atoms with van der Waals surface area (Å²) in [5.41, 5.74) is 4.02. The number of fused-ring (bicyclic) bond motifs is 1. The monoisotopic (exact) mass is 332 g/mol. The molecule has 0 aliphatic heterocycles. The molecule has 0 amide bonds. The standard InChI is InChI=1S/C19H16N4O2/c1-22-16(24)12-11-14(20-22)18-15-9-6-10-17(25-2)23(15)21-19(18)13-7-4-3-5-8-13/h3-12H,1-2H3. The molecule has 0 radical (unpaired) electrons. The van der Waals surface area contributed by atoms with Crippen molar-refractivity contribution in [2.24, 2.45) is 7.05 Å². The van der Waals surface area contributed by atoms with Crippen LogP contribution in [0.2, 0.25) is 0 Å². The van der Waals surface area contributed by atoms with Crippen LogP contribution in [0.3, 0.4) is 0 Å². The van der Waals surface area contributed by atoms with Crippen LogP contribution in [0.1, 0.15) is 0 Å². The molecule has 0 spiro atoms. The Morgan fingerprint density at radius 3 is 2.44 bits per heavy atom. The molecule has 0 bridgehead atoms. The van der Waals surface area contributed by atoms with Crippen molar-refractivity contribution in [2.45, 2.75) is 0 Å². The van der Waals surface area contributed by atoms with Crippen molar-refractivity contribution in [2.75, 3.05) is 7.11 Å². The molecule has 0 atom stereocenters. The molecule has 0 unspecified atom stereocenters. The van der Waals surface area contributed by atoms with Gasteiger partial charge in [0.15, 0.2) is 0 Å². The Labute approximate surface area is 143 Å². The summed E-state index contributed by atoms with van der Waals surface area (Å²) in [6.07, 6.45) is 0. The minimum absolute atomic E-state index is 0.154. The van der Waals surface area contributed by atoms with Crippen molar-refractivity contribution < 1.29 is 4.74 Å². The maximum Gasteiger partial charge on any atom is 0.266 e. The van der Waals surface area contributed by atoms with Gasteiger partial charge in [0.05, 0.1) is 23.9 Å². The minimum Gasteiger partial charge on any atom is -0.481 e. The fourth-order valence-electron chi connectivity index (χ4n) is 2.89. The van der Waals surface area contributed by atoms with E-state index in [0.717, 1.165) is 22.3 Å². The maximum absolute atomic E-state index is 11.7.